The SMILES string of the molecule is CCNc1nc(-c2ccc(Cl)s2)nc(N(C)C)n1. The Morgan fingerprint density at radius 1 is 1.28 bits per heavy atom. The molecule has 5 nitrogen and oxygen atoms in total. The molecule has 2 aromatic rings. The predicted octanol–water partition coefficient (Wildman–Crippen LogP) is 2.75. The number of hydrogen-bond acceptors (Lipinski definition) is 6. The van der Waals surface area contributed by atoms with E-state index in [0.717, 1.165) is 15.8 Å². The molecule has 18 heavy (non-hydrogen) atoms. The molecule has 0 saturated heterocycles. The fraction of sp³-hybridized carbons (Fsp3) is 0.364. The molecule has 2 heterocycles. The molecular weight excluding hydrogens is 270 g/mol. The van der Waals surface area contributed by atoms with Crippen LogP contribution in [-0.4, -0.2) is 35.6 Å². The predicted molar refractivity (Wildman–Crippen MR) is 76.6 cm³/mol. The fourth-order valence-corrected chi connectivity index (χ4v) is 2.32. The maximum Gasteiger partial charge on any atom is 0.230 e. The van der Waals surface area contributed by atoms with Crippen LogP contribution in [0.4, 0.5) is 11.9 Å². The van der Waals surface area contributed by atoms with Crippen LogP contribution >= 0.6 is 22.9 Å². The molecule has 0 aromatic carbocycles. The molecule has 2 aromatic heterocycles. The van der Waals surface area contributed by atoms with Crippen LogP contribution in [0.3, 0.4) is 0 Å². The average molecular weight is 284 g/mol. The van der Waals surface area contributed by atoms with Crippen LogP contribution in [0.15, 0.2) is 12.1 Å². The summed E-state index contributed by atoms with van der Waals surface area (Å²) in [6, 6.07) is 3.76. The van der Waals surface area contributed by atoms with Crippen molar-refractivity contribution in [3.63, 3.8) is 0 Å². The van der Waals surface area contributed by atoms with Crippen molar-refractivity contribution in [2.24, 2.45) is 0 Å². The van der Waals surface area contributed by atoms with Gasteiger partial charge in [-0.05, 0) is 19.1 Å². The Kier molecular flexibility index (Phi) is 3.98. The van der Waals surface area contributed by atoms with Crippen LogP contribution in [0, 0.1) is 0 Å². The number of hydrogen-bond donors (Lipinski definition) is 1. The first-order valence-corrected chi connectivity index (χ1v) is 6.72. The highest BCUT2D eigenvalue weighted by atomic mass is 35.5. The summed E-state index contributed by atoms with van der Waals surface area (Å²) in [4.78, 5) is 15.9. The maximum atomic E-state index is 5.93. The van der Waals surface area contributed by atoms with E-state index in [2.05, 4.69) is 20.3 Å². The number of nitrogens with one attached hydrogen (secondary N) is 1. The lowest BCUT2D eigenvalue weighted by atomic mass is 10.4. The topological polar surface area (TPSA) is 53.9 Å². The smallest absolute Gasteiger partial charge is 0.230 e. The minimum absolute atomic E-state index is 0.579. The summed E-state index contributed by atoms with van der Waals surface area (Å²) in [7, 11) is 3.80. The molecule has 0 spiro atoms. The van der Waals surface area contributed by atoms with Gasteiger partial charge in [0.25, 0.3) is 0 Å². The summed E-state index contributed by atoms with van der Waals surface area (Å²) in [5.41, 5.74) is 0. The third kappa shape index (κ3) is 2.88. The Labute approximate surface area is 115 Å². The molecule has 0 aliphatic carbocycles. The van der Waals surface area contributed by atoms with E-state index in [1.807, 2.05) is 38.1 Å². The quantitative estimate of drug-likeness (QED) is 0.935. The van der Waals surface area contributed by atoms with Gasteiger partial charge in [0.05, 0.1) is 9.21 Å². The third-order valence-electron chi connectivity index (χ3n) is 2.15. The van der Waals surface area contributed by atoms with Gasteiger partial charge in [0.2, 0.25) is 11.9 Å². The van der Waals surface area contributed by atoms with Gasteiger partial charge in [0.15, 0.2) is 5.82 Å². The van der Waals surface area contributed by atoms with E-state index in [-0.39, 0.29) is 0 Å². The first-order valence-electron chi connectivity index (χ1n) is 5.53. The van der Waals surface area contributed by atoms with Crippen molar-refractivity contribution in [2.45, 2.75) is 6.92 Å². The van der Waals surface area contributed by atoms with Crippen LogP contribution in [0.25, 0.3) is 10.7 Å². The van der Waals surface area contributed by atoms with Crippen molar-refractivity contribution in [1.82, 2.24) is 15.0 Å². The van der Waals surface area contributed by atoms with E-state index in [4.69, 9.17) is 11.6 Å². The number of halogens is 1. The molecule has 0 amide bonds. The summed E-state index contributed by atoms with van der Waals surface area (Å²) in [5, 5.41) is 3.10. The van der Waals surface area contributed by atoms with Gasteiger partial charge >= 0.3 is 0 Å². The summed E-state index contributed by atoms with van der Waals surface area (Å²) in [6.45, 7) is 2.77. The molecule has 96 valence electrons. The van der Waals surface area contributed by atoms with E-state index in [1.165, 1.54) is 11.3 Å². The molecule has 1 N–H and O–H groups in total. The fourth-order valence-electron chi connectivity index (χ4n) is 1.35. The highest BCUT2D eigenvalue weighted by Crippen LogP contribution is 2.29. The van der Waals surface area contributed by atoms with Crippen LogP contribution in [0.2, 0.25) is 4.34 Å². The van der Waals surface area contributed by atoms with Crippen molar-refractivity contribution >= 4 is 34.8 Å². The Morgan fingerprint density at radius 2 is 2.06 bits per heavy atom. The van der Waals surface area contributed by atoms with Gasteiger partial charge in [-0.1, -0.05) is 11.6 Å². The van der Waals surface area contributed by atoms with E-state index >= 15 is 0 Å². The largest absolute Gasteiger partial charge is 0.354 e. The number of aromatic nitrogens is 3. The molecule has 0 unspecified atom stereocenters. The average Bonchev–Trinajstić information content (AvgIpc) is 2.76. The van der Waals surface area contributed by atoms with Crippen LogP contribution in [-0.2, 0) is 0 Å². The number of nitrogens with zero attached hydrogens (tertiary/aromatic N) is 4. The first-order chi connectivity index (χ1) is 8.60. The highest BCUT2D eigenvalue weighted by molar-refractivity contribution is 7.19. The molecule has 2 rings (SSSR count). The van der Waals surface area contributed by atoms with Gasteiger partial charge in [0, 0.05) is 20.6 Å². The number of thiophene rings is 1. The van der Waals surface area contributed by atoms with Crippen molar-refractivity contribution in [3.8, 4) is 10.7 Å². The van der Waals surface area contributed by atoms with Crippen molar-refractivity contribution in [1.29, 1.82) is 0 Å². The van der Waals surface area contributed by atoms with Crippen molar-refractivity contribution in [3.05, 3.63) is 16.5 Å². The lowest BCUT2D eigenvalue weighted by Crippen LogP contribution is -2.15. The van der Waals surface area contributed by atoms with Gasteiger partial charge in [-0.25, -0.2) is 0 Å². The second-order valence-electron chi connectivity index (χ2n) is 3.81. The Balaban J connectivity index is 2.45. The number of rotatable bonds is 4. The van der Waals surface area contributed by atoms with E-state index < -0.39 is 0 Å². The molecule has 0 bridgehead atoms. The number of anilines is 2. The monoisotopic (exact) mass is 283 g/mol. The van der Waals surface area contributed by atoms with Crippen molar-refractivity contribution in [2.75, 3.05) is 30.9 Å². The molecule has 0 aliphatic heterocycles. The molecule has 0 fully saturated rings. The summed E-state index contributed by atoms with van der Waals surface area (Å²) in [6.07, 6.45) is 0. The Bertz CT molecular complexity index is 540. The summed E-state index contributed by atoms with van der Waals surface area (Å²) >= 11 is 7.39. The van der Waals surface area contributed by atoms with Gasteiger partial charge in [-0.3, -0.25) is 0 Å². The van der Waals surface area contributed by atoms with E-state index in [0.29, 0.717) is 17.7 Å². The maximum absolute atomic E-state index is 5.93. The minimum Gasteiger partial charge on any atom is -0.354 e. The summed E-state index contributed by atoms with van der Waals surface area (Å²) in [5.74, 6) is 1.85. The molecule has 7 heteroatoms. The third-order valence-corrected chi connectivity index (χ3v) is 3.38. The zero-order chi connectivity index (χ0) is 13.1. The highest BCUT2D eigenvalue weighted by Gasteiger charge is 2.11. The van der Waals surface area contributed by atoms with Gasteiger partial charge in [-0.15, -0.1) is 11.3 Å². The molecular formula is C11H14ClN5S. The zero-order valence-corrected chi connectivity index (χ0v) is 12.0. The van der Waals surface area contributed by atoms with E-state index in [9.17, 15) is 0 Å². The van der Waals surface area contributed by atoms with Gasteiger partial charge in [-0.2, -0.15) is 15.0 Å². The minimum atomic E-state index is 0.579. The standard InChI is InChI=1S/C11H14ClN5S/c1-4-13-10-14-9(7-5-6-8(12)18-7)15-11(16-10)17(2)3/h5-6H,4H2,1-3H3,(H,13,14,15,16). The normalized spacial score (nSPS) is 10.4. The second kappa shape index (κ2) is 5.49. The van der Waals surface area contributed by atoms with E-state index in [1.54, 1.807) is 0 Å². The molecule has 0 aliphatic rings. The molecule has 0 saturated carbocycles. The van der Waals surface area contributed by atoms with Crippen LogP contribution in [0.5, 0.6) is 0 Å². The molecule has 0 atom stereocenters. The van der Waals surface area contributed by atoms with Gasteiger partial charge in [0.1, 0.15) is 0 Å². The van der Waals surface area contributed by atoms with Crippen LogP contribution < -0.4 is 10.2 Å². The second-order valence-corrected chi connectivity index (χ2v) is 5.53. The lowest BCUT2D eigenvalue weighted by Gasteiger charge is -2.12. The lowest BCUT2D eigenvalue weighted by molar-refractivity contribution is 0.955. The van der Waals surface area contributed by atoms with Crippen LogP contribution in [0.1, 0.15) is 6.92 Å². The zero-order valence-electron chi connectivity index (χ0n) is 10.4. The Hall–Kier alpha value is -1.40. The summed E-state index contributed by atoms with van der Waals surface area (Å²) < 4.78 is 0.724. The first kappa shape index (κ1) is 13.0. The van der Waals surface area contributed by atoms with Crippen molar-refractivity contribution < 1.29 is 0 Å². The molecule has 0 radical (unpaired) electrons. The Morgan fingerprint density at radius 3 is 2.61 bits per heavy atom. The van der Waals surface area contributed by atoms with Gasteiger partial charge < -0.3 is 10.2 Å².